The van der Waals surface area contributed by atoms with Gasteiger partial charge in [-0.05, 0) is 37.8 Å². The molecule has 0 radical (unpaired) electrons. The van der Waals surface area contributed by atoms with E-state index in [0.717, 1.165) is 31.7 Å². The molecule has 0 aliphatic carbocycles. The third kappa shape index (κ3) is 3.61. The van der Waals surface area contributed by atoms with Crippen molar-refractivity contribution in [2.75, 3.05) is 12.3 Å². The normalized spacial score (nSPS) is 19.5. The molecule has 6 heteroatoms. The second-order valence-corrected chi connectivity index (χ2v) is 7.29. The minimum absolute atomic E-state index is 0.0991. The average Bonchev–Trinajstić information content (AvgIpc) is 2.47. The molecule has 1 aliphatic rings. The summed E-state index contributed by atoms with van der Waals surface area (Å²) in [5, 5.41) is 0. The van der Waals surface area contributed by atoms with Crippen LogP contribution in [0.4, 0.5) is 4.39 Å². The zero-order valence-corrected chi connectivity index (χ0v) is 12.9. The fraction of sp³-hybridized carbons (Fsp3) is 0.533. The van der Waals surface area contributed by atoms with E-state index >= 15 is 0 Å². The number of nitrogens with zero attached hydrogens (tertiary/aromatic N) is 1. The van der Waals surface area contributed by atoms with Crippen molar-refractivity contribution < 1.29 is 17.6 Å². The molecule has 1 heterocycles. The Kier molecular flexibility index (Phi) is 4.98. The number of halogens is 1. The fourth-order valence-electron chi connectivity index (χ4n) is 2.77. The van der Waals surface area contributed by atoms with Crippen LogP contribution in [0.3, 0.4) is 0 Å². The third-order valence-corrected chi connectivity index (χ3v) is 5.53. The Morgan fingerprint density at radius 3 is 2.71 bits per heavy atom. The molecule has 0 spiro atoms. The fourth-order valence-corrected chi connectivity index (χ4v) is 4.07. The molecule has 1 fully saturated rings. The lowest BCUT2D eigenvalue weighted by molar-refractivity contribution is -0.132. The van der Waals surface area contributed by atoms with Crippen molar-refractivity contribution in [3.05, 3.63) is 30.1 Å². The second kappa shape index (κ2) is 6.56. The molecule has 0 aromatic heterocycles. The van der Waals surface area contributed by atoms with Crippen LogP contribution in [-0.2, 0) is 14.6 Å². The van der Waals surface area contributed by atoms with Crippen LogP contribution in [0.1, 0.15) is 32.6 Å². The van der Waals surface area contributed by atoms with E-state index in [1.54, 1.807) is 4.90 Å². The zero-order chi connectivity index (χ0) is 15.5. The van der Waals surface area contributed by atoms with Gasteiger partial charge in [0.25, 0.3) is 0 Å². The van der Waals surface area contributed by atoms with Crippen LogP contribution in [-0.4, -0.2) is 37.6 Å². The maximum atomic E-state index is 13.6. The Morgan fingerprint density at radius 1 is 1.33 bits per heavy atom. The first kappa shape index (κ1) is 15.9. The first-order valence-corrected chi connectivity index (χ1v) is 8.87. The van der Waals surface area contributed by atoms with Crippen molar-refractivity contribution in [1.29, 1.82) is 0 Å². The first-order chi connectivity index (χ1) is 9.95. The summed E-state index contributed by atoms with van der Waals surface area (Å²) in [6.07, 6.45) is 3.66. The SMILES string of the molecule is CCC1CCCCN1C(=O)CS(=O)(=O)c1ccccc1F. The van der Waals surface area contributed by atoms with E-state index in [9.17, 15) is 17.6 Å². The van der Waals surface area contributed by atoms with Crippen molar-refractivity contribution in [3.63, 3.8) is 0 Å². The van der Waals surface area contributed by atoms with Gasteiger partial charge >= 0.3 is 0 Å². The summed E-state index contributed by atoms with van der Waals surface area (Å²) >= 11 is 0. The third-order valence-electron chi connectivity index (χ3n) is 3.90. The highest BCUT2D eigenvalue weighted by atomic mass is 32.2. The van der Waals surface area contributed by atoms with E-state index in [4.69, 9.17) is 0 Å². The number of piperidine rings is 1. The molecule has 1 unspecified atom stereocenters. The number of rotatable bonds is 4. The van der Waals surface area contributed by atoms with E-state index in [1.807, 2.05) is 6.92 Å². The topological polar surface area (TPSA) is 54.5 Å². The van der Waals surface area contributed by atoms with E-state index in [2.05, 4.69) is 0 Å². The maximum absolute atomic E-state index is 13.6. The summed E-state index contributed by atoms with van der Waals surface area (Å²) in [5.41, 5.74) is 0. The van der Waals surface area contributed by atoms with Gasteiger partial charge in [0.2, 0.25) is 5.91 Å². The number of benzene rings is 1. The maximum Gasteiger partial charge on any atom is 0.238 e. The summed E-state index contributed by atoms with van der Waals surface area (Å²) in [7, 11) is -3.94. The van der Waals surface area contributed by atoms with Gasteiger partial charge in [-0.25, -0.2) is 12.8 Å². The van der Waals surface area contributed by atoms with Gasteiger partial charge < -0.3 is 4.90 Å². The van der Waals surface area contributed by atoms with Crippen LogP contribution < -0.4 is 0 Å². The molecular formula is C15H20FNO3S. The average molecular weight is 313 g/mol. The minimum atomic E-state index is -3.94. The Balaban J connectivity index is 2.16. The summed E-state index contributed by atoms with van der Waals surface area (Å²) < 4.78 is 38.0. The standard InChI is InChI=1S/C15H20FNO3S/c1-2-12-7-5-6-10-17(12)15(18)11-21(19,20)14-9-4-3-8-13(14)16/h3-4,8-9,12H,2,5-7,10-11H2,1H3. The zero-order valence-electron chi connectivity index (χ0n) is 12.1. The molecule has 21 heavy (non-hydrogen) atoms. The van der Waals surface area contributed by atoms with Crippen LogP contribution in [0.15, 0.2) is 29.2 Å². The summed E-state index contributed by atoms with van der Waals surface area (Å²) in [6.45, 7) is 2.58. The monoisotopic (exact) mass is 313 g/mol. The molecule has 0 N–H and O–H groups in total. The molecule has 0 saturated carbocycles. The molecule has 1 amide bonds. The van der Waals surface area contributed by atoms with E-state index in [0.29, 0.717) is 6.54 Å². The number of carbonyl (C=O) groups excluding carboxylic acids is 1. The van der Waals surface area contributed by atoms with Crippen molar-refractivity contribution in [1.82, 2.24) is 4.90 Å². The van der Waals surface area contributed by atoms with Gasteiger partial charge in [-0.3, -0.25) is 4.79 Å². The Bertz CT molecular complexity index is 615. The van der Waals surface area contributed by atoms with Crippen molar-refractivity contribution >= 4 is 15.7 Å². The largest absolute Gasteiger partial charge is 0.339 e. The molecule has 1 aromatic carbocycles. The van der Waals surface area contributed by atoms with Crippen LogP contribution in [0.2, 0.25) is 0 Å². The van der Waals surface area contributed by atoms with E-state index < -0.39 is 32.2 Å². The molecule has 1 aromatic rings. The number of likely N-dealkylation sites (tertiary alicyclic amines) is 1. The summed E-state index contributed by atoms with van der Waals surface area (Å²) in [4.78, 5) is 13.5. The Labute approximate surface area is 124 Å². The predicted octanol–water partition coefficient (Wildman–Crippen LogP) is 2.39. The number of carbonyl (C=O) groups is 1. The number of hydrogen-bond donors (Lipinski definition) is 0. The molecule has 1 aliphatic heterocycles. The number of amides is 1. The molecule has 116 valence electrons. The highest BCUT2D eigenvalue weighted by Gasteiger charge is 2.30. The van der Waals surface area contributed by atoms with Crippen molar-refractivity contribution in [2.24, 2.45) is 0 Å². The van der Waals surface area contributed by atoms with Gasteiger partial charge in [0.1, 0.15) is 16.5 Å². The lowest BCUT2D eigenvalue weighted by Crippen LogP contribution is -2.45. The number of hydrogen-bond acceptors (Lipinski definition) is 3. The molecule has 4 nitrogen and oxygen atoms in total. The predicted molar refractivity (Wildman–Crippen MR) is 78.1 cm³/mol. The number of sulfone groups is 1. The van der Waals surface area contributed by atoms with Crippen molar-refractivity contribution in [2.45, 2.75) is 43.5 Å². The lowest BCUT2D eigenvalue weighted by Gasteiger charge is -2.35. The van der Waals surface area contributed by atoms with Crippen LogP contribution in [0.5, 0.6) is 0 Å². The molecule has 1 saturated heterocycles. The second-order valence-electron chi connectivity index (χ2n) is 5.33. The summed E-state index contributed by atoms with van der Waals surface area (Å²) in [6, 6.07) is 5.27. The highest BCUT2D eigenvalue weighted by molar-refractivity contribution is 7.92. The quantitative estimate of drug-likeness (QED) is 0.857. The first-order valence-electron chi connectivity index (χ1n) is 7.22. The van der Waals surface area contributed by atoms with Crippen LogP contribution in [0.25, 0.3) is 0 Å². The molecule has 2 rings (SSSR count). The molecule has 1 atom stereocenters. The summed E-state index contributed by atoms with van der Waals surface area (Å²) in [5.74, 6) is -1.90. The smallest absolute Gasteiger partial charge is 0.238 e. The van der Waals surface area contributed by atoms with Gasteiger partial charge in [0.15, 0.2) is 9.84 Å². The molecule has 0 bridgehead atoms. The lowest BCUT2D eigenvalue weighted by atomic mass is 10.0. The van der Waals surface area contributed by atoms with Gasteiger partial charge in [-0.1, -0.05) is 19.1 Å². The van der Waals surface area contributed by atoms with Crippen molar-refractivity contribution in [3.8, 4) is 0 Å². The van der Waals surface area contributed by atoms with Crippen LogP contribution >= 0.6 is 0 Å². The van der Waals surface area contributed by atoms with Gasteiger partial charge in [0, 0.05) is 12.6 Å². The van der Waals surface area contributed by atoms with E-state index in [1.165, 1.54) is 18.2 Å². The minimum Gasteiger partial charge on any atom is -0.339 e. The van der Waals surface area contributed by atoms with E-state index in [-0.39, 0.29) is 6.04 Å². The van der Waals surface area contributed by atoms with Gasteiger partial charge in [0.05, 0.1) is 0 Å². The Hall–Kier alpha value is -1.43. The van der Waals surface area contributed by atoms with Gasteiger partial charge in [-0.15, -0.1) is 0 Å². The van der Waals surface area contributed by atoms with Crippen LogP contribution in [0, 0.1) is 5.82 Å². The highest BCUT2D eigenvalue weighted by Crippen LogP contribution is 2.21. The molecular weight excluding hydrogens is 293 g/mol. The Morgan fingerprint density at radius 2 is 2.05 bits per heavy atom. The van der Waals surface area contributed by atoms with Gasteiger partial charge in [-0.2, -0.15) is 0 Å².